The molecule has 0 saturated heterocycles. The molecule has 1 N–H and O–H groups in total. The molecule has 1 amide bonds. The molecule has 9 heteroatoms. The third kappa shape index (κ3) is 4.14. The Balaban J connectivity index is 1.79. The second-order valence-corrected chi connectivity index (χ2v) is 5.93. The maximum Gasteiger partial charge on any atom is 0.310 e. The Hall–Kier alpha value is -3.75. The minimum atomic E-state index is -0.844. The highest BCUT2D eigenvalue weighted by atomic mass is 19.1. The number of imidazole rings is 1. The number of benzene rings is 2. The number of carbonyl (C=O) groups excluding carboxylic acids is 1. The van der Waals surface area contributed by atoms with Crippen LogP contribution in [0.3, 0.4) is 0 Å². The molecular weight excluding hydrogens is 367 g/mol. The number of para-hydroxylation sites is 2. The minimum Gasteiger partial charge on any atom is -0.477 e. The number of nitrogens with zero attached hydrogens (tertiary/aromatic N) is 3. The van der Waals surface area contributed by atoms with Crippen molar-refractivity contribution in [2.45, 2.75) is 6.04 Å². The number of nitro groups is 1. The summed E-state index contributed by atoms with van der Waals surface area (Å²) >= 11 is 0. The fraction of sp³-hybridized carbons (Fsp3) is 0.158. The predicted molar refractivity (Wildman–Crippen MR) is 98.2 cm³/mol. The van der Waals surface area contributed by atoms with Gasteiger partial charge in [0.15, 0.2) is 12.4 Å². The summed E-state index contributed by atoms with van der Waals surface area (Å²) in [5, 5.41) is 13.7. The molecule has 0 aliphatic heterocycles. The van der Waals surface area contributed by atoms with E-state index in [-0.39, 0.29) is 17.0 Å². The Morgan fingerprint density at radius 1 is 1.29 bits per heavy atom. The van der Waals surface area contributed by atoms with E-state index in [2.05, 4.69) is 10.3 Å². The van der Waals surface area contributed by atoms with Crippen molar-refractivity contribution in [1.82, 2.24) is 14.9 Å². The molecule has 0 fully saturated rings. The van der Waals surface area contributed by atoms with Gasteiger partial charge < -0.3 is 14.6 Å². The number of rotatable bonds is 7. The fourth-order valence-corrected chi connectivity index (χ4v) is 2.72. The van der Waals surface area contributed by atoms with Crippen LogP contribution in [0.5, 0.6) is 5.75 Å². The maximum atomic E-state index is 14.3. The van der Waals surface area contributed by atoms with E-state index < -0.39 is 29.3 Å². The highest BCUT2D eigenvalue weighted by Crippen LogP contribution is 2.26. The standard InChI is InChI=1S/C19H17FN4O4/c1-23-11-10-21-19(23)18(13-6-2-3-7-14(13)20)22-17(25)12-28-16-9-5-4-8-15(16)24(26)27/h2-11,18H,12H2,1H3,(H,22,25)/t18-/m1/s1. The number of ether oxygens (including phenoxy) is 1. The van der Waals surface area contributed by atoms with Crippen molar-refractivity contribution in [3.05, 3.63) is 88.2 Å². The Kier molecular flexibility index (Phi) is 5.64. The van der Waals surface area contributed by atoms with Crippen LogP contribution in [0.4, 0.5) is 10.1 Å². The maximum absolute atomic E-state index is 14.3. The summed E-state index contributed by atoms with van der Waals surface area (Å²) in [7, 11) is 1.73. The van der Waals surface area contributed by atoms with Gasteiger partial charge >= 0.3 is 5.69 Å². The van der Waals surface area contributed by atoms with Gasteiger partial charge in [0, 0.05) is 31.1 Å². The van der Waals surface area contributed by atoms with Gasteiger partial charge in [0.05, 0.1) is 4.92 Å². The molecule has 0 bridgehead atoms. The zero-order valence-corrected chi connectivity index (χ0v) is 14.9. The molecule has 0 saturated carbocycles. The normalized spacial score (nSPS) is 11.6. The number of nitrogens with one attached hydrogen (secondary N) is 1. The first kappa shape index (κ1) is 19.0. The van der Waals surface area contributed by atoms with Crippen LogP contribution in [0.25, 0.3) is 0 Å². The smallest absolute Gasteiger partial charge is 0.310 e. The predicted octanol–water partition coefficient (Wildman–Crippen LogP) is 2.75. The molecule has 0 aliphatic carbocycles. The van der Waals surface area contributed by atoms with Crippen LogP contribution in [0.2, 0.25) is 0 Å². The average molecular weight is 384 g/mol. The van der Waals surface area contributed by atoms with E-state index in [1.54, 1.807) is 48.3 Å². The molecule has 0 aliphatic rings. The summed E-state index contributed by atoms with van der Waals surface area (Å²) in [6, 6.07) is 11.0. The number of amides is 1. The zero-order chi connectivity index (χ0) is 20.1. The Bertz CT molecular complexity index is 1000. The number of nitro benzene ring substituents is 1. The second-order valence-electron chi connectivity index (χ2n) is 5.93. The molecule has 0 spiro atoms. The van der Waals surface area contributed by atoms with Crippen LogP contribution in [-0.2, 0) is 11.8 Å². The lowest BCUT2D eigenvalue weighted by atomic mass is 10.1. The lowest BCUT2D eigenvalue weighted by Gasteiger charge is -2.19. The summed E-state index contributed by atoms with van der Waals surface area (Å²) < 4.78 is 21.3. The molecule has 0 unspecified atom stereocenters. The van der Waals surface area contributed by atoms with Gasteiger partial charge in [-0.25, -0.2) is 9.37 Å². The number of hydrogen-bond donors (Lipinski definition) is 1. The van der Waals surface area contributed by atoms with Crippen LogP contribution >= 0.6 is 0 Å². The number of aryl methyl sites for hydroxylation is 1. The molecule has 3 aromatic rings. The van der Waals surface area contributed by atoms with Gasteiger partial charge in [-0.05, 0) is 12.1 Å². The highest BCUT2D eigenvalue weighted by Gasteiger charge is 2.24. The van der Waals surface area contributed by atoms with E-state index in [1.807, 2.05) is 0 Å². The van der Waals surface area contributed by atoms with Gasteiger partial charge in [-0.1, -0.05) is 30.3 Å². The summed E-state index contributed by atoms with van der Waals surface area (Å²) in [5.41, 5.74) is 0.000830. The van der Waals surface area contributed by atoms with Gasteiger partial charge in [-0.2, -0.15) is 0 Å². The van der Waals surface area contributed by atoms with Crippen LogP contribution < -0.4 is 10.1 Å². The van der Waals surface area contributed by atoms with E-state index in [1.165, 1.54) is 24.3 Å². The molecule has 0 radical (unpaired) electrons. The molecule has 1 atom stereocenters. The van der Waals surface area contributed by atoms with Crippen LogP contribution in [0.15, 0.2) is 60.9 Å². The van der Waals surface area contributed by atoms with Gasteiger partial charge in [0.2, 0.25) is 0 Å². The summed E-state index contributed by atoms with van der Waals surface area (Å²) in [6.07, 6.45) is 3.22. The van der Waals surface area contributed by atoms with E-state index in [0.29, 0.717) is 5.82 Å². The van der Waals surface area contributed by atoms with Crippen LogP contribution in [0, 0.1) is 15.9 Å². The molecule has 3 rings (SSSR count). The Morgan fingerprint density at radius 3 is 2.68 bits per heavy atom. The van der Waals surface area contributed by atoms with Crippen LogP contribution in [-0.4, -0.2) is 27.0 Å². The SMILES string of the molecule is Cn1ccnc1[C@H](NC(=O)COc1ccccc1[N+](=O)[O-])c1ccccc1F. The lowest BCUT2D eigenvalue weighted by Crippen LogP contribution is -2.35. The quantitative estimate of drug-likeness (QED) is 0.499. The summed E-state index contributed by atoms with van der Waals surface area (Å²) in [4.78, 5) is 27.1. The third-order valence-corrected chi connectivity index (χ3v) is 4.06. The van der Waals surface area contributed by atoms with Crippen molar-refractivity contribution in [2.75, 3.05) is 6.61 Å². The Labute approximate surface area is 159 Å². The first-order valence-electron chi connectivity index (χ1n) is 8.34. The molecule has 1 heterocycles. The third-order valence-electron chi connectivity index (χ3n) is 4.06. The molecule has 144 valence electrons. The first-order valence-corrected chi connectivity index (χ1v) is 8.34. The fourth-order valence-electron chi connectivity index (χ4n) is 2.72. The van der Waals surface area contributed by atoms with Crippen molar-refractivity contribution in [3.63, 3.8) is 0 Å². The van der Waals surface area contributed by atoms with Gasteiger partial charge in [-0.3, -0.25) is 14.9 Å². The summed E-state index contributed by atoms with van der Waals surface area (Å²) in [6.45, 7) is -0.472. The summed E-state index contributed by atoms with van der Waals surface area (Å²) in [5.74, 6) is -0.656. The molecule has 8 nitrogen and oxygen atoms in total. The highest BCUT2D eigenvalue weighted by molar-refractivity contribution is 5.78. The van der Waals surface area contributed by atoms with Crippen molar-refractivity contribution in [3.8, 4) is 5.75 Å². The van der Waals surface area contributed by atoms with E-state index >= 15 is 0 Å². The van der Waals surface area contributed by atoms with Crippen molar-refractivity contribution in [1.29, 1.82) is 0 Å². The number of carbonyl (C=O) groups is 1. The molecule has 2 aromatic carbocycles. The van der Waals surface area contributed by atoms with Crippen molar-refractivity contribution < 1.29 is 18.8 Å². The minimum absolute atomic E-state index is 0.0258. The first-order chi connectivity index (χ1) is 13.5. The van der Waals surface area contributed by atoms with Gasteiger partial charge in [0.1, 0.15) is 17.7 Å². The largest absolute Gasteiger partial charge is 0.477 e. The average Bonchev–Trinajstić information content (AvgIpc) is 3.11. The van der Waals surface area contributed by atoms with E-state index in [0.717, 1.165) is 0 Å². The van der Waals surface area contributed by atoms with Gasteiger partial charge in [-0.15, -0.1) is 0 Å². The Morgan fingerprint density at radius 2 is 2.00 bits per heavy atom. The monoisotopic (exact) mass is 384 g/mol. The number of hydrogen-bond acceptors (Lipinski definition) is 5. The zero-order valence-electron chi connectivity index (χ0n) is 14.9. The molecule has 28 heavy (non-hydrogen) atoms. The van der Waals surface area contributed by atoms with Crippen LogP contribution in [0.1, 0.15) is 17.4 Å². The second kappa shape index (κ2) is 8.30. The lowest BCUT2D eigenvalue weighted by molar-refractivity contribution is -0.385. The van der Waals surface area contributed by atoms with Crippen molar-refractivity contribution in [2.24, 2.45) is 7.05 Å². The number of aromatic nitrogens is 2. The van der Waals surface area contributed by atoms with E-state index in [4.69, 9.17) is 4.74 Å². The molecular formula is C19H17FN4O4. The molecule has 1 aromatic heterocycles. The van der Waals surface area contributed by atoms with E-state index in [9.17, 15) is 19.3 Å². The topological polar surface area (TPSA) is 99.3 Å². The van der Waals surface area contributed by atoms with Gasteiger partial charge in [0.25, 0.3) is 5.91 Å². The van der Waals surface area contributed by atoms with Crippen molar-refractivity contribution >= 4 is 11.6 Å². The number of halogens is 1.